The van der Waals surface area contributed by atoms with Crippen LogP contribution in [0.15, 0.2) is 48.5 Å². The van der Waals surface area contributed by atoms with E-state index in [-0.39, 0.29) is 35.8 Å². The number of nitrogens with one attached hydrogen (secondary N) is 1. The van der Waals surface area contributed by atoms with Gasteiger partial charge in [-0.1, -0.05) is 30.7 Å². The molecule has 0 aromatic heterocycles. The van der Waals surface area contributed by atoms with Crippen molar-refractivity contribution in [2.45, 2.75) is 19.3 Å². The third-order valence-electron chi connectivity index (χ3n) is 5.96. The Labute approximate surface area is 186 Å². The second-order valence-corrected chi connectivity index (χ2v) is 8.06. The zero-order valence-electron chi connectivity index (χ0n) is 17.8. The molecule has 1 heterocycles. The summed E-state index contributed by atoms with van der Waals surface area (Å²) in [6.45, 7) is 1.60. The number of anilines is 1. The molecule has 168 valence electrons. The molecule has 0 radical (unpaired) electrons. The van der Waals surface area contributed by atoms with Crippen LogP contribution in [0.25, 0.3) is 0 Å². The van der Waals surface area contributed by atoms with Gasteiger partial charge in [0.15, 0.2) is 6.61 Å². The van der Waals surface area contributed by atoms with Crippen LogP contribution in [0.5, 0.6) is 5.75 Å². The number of hydrogen-bond acceptors (Lipinski definition) is 4. The summed E-state index contributed by atoms with van der Waals surface area (Å²) in [5.74, 6) is -0.623. The van der Waals surface area contributed by atoms with Crippen molar-refractivity contribution in [3.05, 3.63) is 59.9 Å². The van der Waals surface area contributed by atoms with Gasteiger partial charge in [-0.15, -0.1) is 0 Å². The van der Waals surface area contributed by atoms with E-state index in [1.807, 2.05) is 4.90 Å². The van der Waals surface area contributed by atoms with Crippen molar-refractivity contribution in [2.24, 2.45) is 5.92 Å². The summed E-state index contributed by atoms with van der Waals surface area (Å²) in [5.41, 5.74) is 0.421. The fraction of sp³-hybridized carbons (Fsp3) is 0.375. The predicted octanol–water partition coefficient (Wildman–Crippen LogP) is 2.93. The molecular formula is C24H26FN3O4. The largest absolute Gasteiger partial charge is 0.483 e. The first kappa shape index (κ1) is 21.8. The topological polar surface area (TPSA) is 79.0 Å². The Kier molecular flexibility index (Phi) is 6.68. The second kappa shape index (κ2) is 9.80. The summed E-state index contributed by atoms with van der Waals surface area (Å²) >= 11 is 0. The van der Waals surface area contributed by atoms with Gasteiger partial charge in [0.25, 0.3) is 11.8 Å². The van der Waals surface area contributed by atoms with Gasteiger partial charge < -0.3 is 19.9 Å². The number of ether oxygens (including phenoxy) is 1. The average molecular weight is 439 g/mol. The molecule has 4 rings (SSSR count). The number of rotatable bonds is 6. The van der Waals surface area contributed by atoms with Crippen molar-refractivity contribution in [1.29, 1.82) is 0 Å². The number of halogens is 1. The lowest BCUT2D eigenvalue weighted by Crippen LogP contribution is -2.52. The number of amides is 3. The van der Waals surface area contributed by atoms with Crippen molar-refractivity contribution in [3.8, 4) is 5.75 Å². The summed E-state index contributed by atoms with van der Waals surface area (Å²) in [6, 6.07) is 12.6. The Morgan fingerprint density at radius 1 is 0.938 bits per heavy atom. The van der Waals surface area contributed by atoms with Gasteiger partial charge in [0.1, 0.15) is 11.6 Å². The quantitative estimate of drug-likeness (QED) is 0.751. The van der Waals surface area contributed by atoms with Gasteiger partial charge in [-0.2, -0.15) is 0 Å². The number of para-hydroxylation sites is 2. The summed E-state index contributed by atoms with van der Waals surface area (Å²) in [6.07, 6.45) is 3.05. The normalized spacial score (nSPS) is 16.3. The molecule has 3 amide bonds. The Hall–Kier alpha value is -3.42. The van der Waals surface area contributed by atoms with Crippen molar-refractivity contribution < 1.29 is 23.5 Å². The highest BCUT2D eigenvalue weighted by Crippen LogP contribution is 2.29. The molecule has 1 saturated heterocycles. The van der Waals surface area contributed by atoms with Crippen LogP contribution in [0.3, 0.4) is 0 Å². The smallest absolute Gasteiger partial charge is 0.262 e. The maximum Gasteiger partial charge on any atom is 0.262 e. The van der Waals surface area contributed by atoms with Crippen molar-refractivity contribution in [3.63, 3.8) is 0 Å². The Balaban J connectivity index is 1.33. The maximum atomic E-state index is 13.7. The van der Waals surface area contributed by atoms with E-state index in [0.29, 0.717) is 31.7 Å². The molecule has 1 saturated carbocycles. The molecule has 7 nitrogen and oxygen atoms in total. The number of carbonyl (C=O) groups is 3. The Bertz CT molecular complexity index is 1000. The number of benzene rings is 2. The van der Waals surface area contributed by atoms with E-state index in [0.717, 1.165) is 19.3 Å². The van der Waals surface area contributed by atoms with Crippen molar-refractivity contribution in [1.82, 2.24) is 9.80 Å². The molecule has 2 aromatic carbocycles. The Morgan fingerprint density at radius 3 is 2.28 bits per heavy atom. The molecule has 1 aliphatic carbocycles. The van der Waals surface area contributed by atoms with E-state index in [9.17, 15) is 18.8 Å². The van der Waals surface area contributed by atoms with Crippen molar-refractivity contribution in [2.75, 3.05) is 38.1 Å². The predicted molar refractivity (Wildman–Crippen MR) is 117 cm³/mol. The number of hydrogen-bond donors (Lipinski definition) is 1. The molecule has 32 heavy (non-hydrogen) atoms. The first-order chi connectivity index (χ1) is 15.5. The molecule has 2 fully saturated rings. The van der Waals surface area contributed by atoms with Crippen LogP contribution in [-0.2, 0) is 9.59 Å². The molecule has 1 N–H and O–H groups in total. The van der Waals surface area contributed by atoms with Gasteiger partial charge in [-0.3, -0.25) is 14.4 Å². The molecule has 0 bridgehead atoms. The zero-order chi connectivity index (χ0) is 22.5. The second-order valence-electron chi connectivity index (χ2n) is 8.06. The van der Waals surface area contributed by atoms with Crippen LogP contribution in [0, 0.1) is 11.7 Å². The molecule has 1 aliphatic heterocycles. The highest BCUT2D eigenvalue weighted by Gasteiger charge is 2.32. The van der Waals surface area contributed by atoms with E-state index < -0.39 is 11.7 Å². The van der Waals surface area contributed by atoms with E-state index in [4.69, 9.17) is 4.74 Å². The van der Waals surface area contributed by atoms with E-state index in [2.05, 4.69) is 5.32 Å². The fourth-order valence-electron chi connectivity index (χ4n) is 3.88. The lowest BCUT2D eigenvalue weighted by molar-refractivity contribution is -0.139. The molecule has 0 spiro atoms. The first-order valence-corrected chi connectivity index (χ1v) is 10.9. The Morgan fingerprint density at radius 2 is 1.59 bits per heavy atom. The van der Waals surface area contributed by atoms with Gasteiger partial charge in [0.05, 0.1) is 11.3 Å². The van der Waals surface area contributed by atoms with Crippen LogP contribution in [0.2, 0.25) is 0 Å². The fourth-order valence-corrected chi connectivity index (χ4v) is 3.88. The van der Waals surface area contributed by atoms with E-state index in [1.165, 1.54) is 18.2 Å². The summed E-state index contributed by atoms with van der Waals surface area (Å²) in [5, 5.41) is 2.45. The monoisotopic (exact) mass is 439 g/mol. The van der Waals surface area contributed by atoms with Gasteiger partial charge in [0.2, 0.25) is 5.91 Å². The minimum atomic E-state index is -0.536. The van der Waals surface area contributed by atoms with Crippen molar-refractivity contribution >= 4 is 23.4 Å². The van der Waals surface area contributed by atoms with Crippen LogP contribution >= 0.6 is 0 Å². The van der Waals surface area contributed by atoms with E-state index in [1.54, 1.807) is 35.2 Å². The van der Waals surface area contributed by atoms with Gasteiger partial charge in [-0.05, 0) is 37.1 Å². The number of carbonyl (C=O) groups excluding carboxylic acids is 3. The number of nitrogens with zero attached hydrogens (tertiary/aromatic N) is 2. The van der Waals surface area contributed by atoms with Gasteiger partial charge >= 0.3 is 0 Å². The van der Waals surface area contributed by atoms with Gasteiger partial charge in [0, 0.05) is 32.1 Å². The van der Waals surface area contributed by atoms with Crippen LogP contribution in [0.4, 0.5) is 10.1 Å². The third kappa shape index (κ3) is 4.90. The van der Waals surface area contributed by atoms with Crippen LogP contribution in [0.1, 0.15) is 29.6 Å². The average Bonchev–Trinajstić information content (AvgIpc) is 2.78. The minimum Gasteiger partial charge on any atom is -0.483 e. The highest BCUT2D eigenvalue weighted by atomic mass is 19.1. The minimum absolute atomic E-state index is 0.0692. The van der Waals surface area contributed by atoms with Gasteiger partial charge in [-0.25, -0.2) is 4.39 Å². The summed E-state index contributed by atoms with van der Waals surface area (Å²) in [7, 11) is 0. The standard InChI is InChI=1S/C24H26FN3O4/c25-19-9-2-3-10-20(19)26-22(29)16-32-21-11-4-1-8-18(21)24(31)28-14-12-27(13-15-28)23(30)17-6-5-7-17/h1-4,8-11,17H,5-7,12-16H2,(H,26,29). The molecular weight excluding hydrogens is 413 g/mol. The molecule has 8 heteroatoms. The third-order valence-corrected chi connectivity index (χ3v) is 5.96. The zero-order valence-corrected chi connectivity index (χ0v) is 17.8. The molecule has 2 aliphatic rings. The highest BCUT2D eigenvalue weighted by molar-refractivity contribution is 5.97. The first-order valence-electron chi connectivity index (χ1n) is 10.9. The molecule has 0 unspecified atom stereocenters. The number of piperazine rings is 1. The lowest BCUT2D eigenvalue weighted by atomic mass is 9.84. The SMILES string of the molecule is O=C(COc1ccccc1C(=O)N1CCN(C(=O)C2CCC2)CC1)Nc1ccccc1F. The van der Waals surface area contributed by atoms with Crippen LogP contribution < -0.4 is 10.1 Å². The molecule has 2 aromatic rings. The van der Waals surface area contributed by atoms with Crippen LogP contribution in [-0.4, -0.2) is 60.3 Å². The summed E-state index contributed by atoms with van der Waals surface area (Å²) < 4.78 is 19.3. The maximum absolute atomic E-state index is 13.7. The van der Waals surface area contributed by atoms with E-state index >= 15 is 0 Å². The lowest BCUT2D eigenvalue weighted by Gasteiger charge is -2.38. The summed E-state index contributed by atoms with van der Waals surface area (Å²) in [4.78, 5) is 41.2. The molecule has 0 atom stereocenters.